The molecule has 0 aromatic carbocycles. The molecule has 0 saturated carbocycles. The van der Waals surface area contributed by atoms with Crippen LogP contribution in [0.5, 0.6) is 0 Å². The molecule has 112 valence electrons. The molecule has 0 N–H and O–H groups in total. The van der Waals surface area contributed by atoms with Crippen molar-refractivity contribution in [2.75, 3.05) is 32.8 Å². The molecular weight excluding hydrogens is 258 g/mol. The van der Waals surface area contributed by atoms with Crippen LogP contribution in [-0.4, -0.2) is 59.8 Å². The smallest absolute Gasteiger partial charge is 0.251 e. The Morgan fingerprint density at radius 1 is 1.45 bits per heavy atom. The molecule has 0 spiro atoms. The first kappa shape index (κ1) is 15.0. The van der Waals surface area contributed by atoms with Gasteiger partial charge in [0, 0.05) is 38.9 Å². The number of hydrogen-bond acceptors (Lipinski definition) is 5. The Labute approximate surface area is 119 Å². The van der Waals surface area contributed by atoms with Crippen molar-refractivity contribution in [3.8, 4) is 0 Å². The number of aromatic nitrogens is 1. The summed E-state index contributed by atoms with van der Waals surface area (Å²) < 4.78 is 10.6. The van der Waals surface area contributed by atoms with E-state index in [1.165, 1.54) is 0 Å². The second kappa shape index (κ2) is 6.85. The molecule has 1 aliphatic rings. The molecule has 6 heteroatoms. The van der Waals surface area contributed by atoms with Gasteiger partial charge in [0.2, 0.25) is 0 Å². The van der Waals surface area contributed by atoms with Crippen molar-refractivity contribution in [2.24, 2.45) is 0 Å². The minimum absolute atomic E-state index is 0.0852. The Kier molecular flexibility index (Phi) is 5.14. The quantitative estimate of drug-likeness (QED) is 0.807. The maximum Gasteiger partial charge on any atom is 0.251 e. The molecule has 0 radical (unpaired) electrons. The lowest BCUT2D eigenvalue weighted by Crippen LogP contribution is -2.51. The first-order chi connectivity index (χ1) is 9.60. The highest BCUT2D eigenvalue weighted by molar-refractivity contribution is 5.80. The van der Waals surface area contributed by atoms with E-state index in [0.717, 1.165) is 44.2 Å². The van der Waals surface area contributed by atoms with Gasteiger partial charge in [0.1, 0.15) is 6.10 Å². The molecule has 1 amide bonds. The lowest BCUT2D eigenvalue weighted by Gasteiger charge is -2.35. The molecule has 1 aliphatic heterocycles. The average molecular weight is 281 g/mol. The summed E-state index contributed by atoms with van der Waals surface area (Å²) >= 11 is 0. The molecule has 1 fully saturated rings. The van der Waals surface area contributed by atoms with Crippen molar-refractivity contribution < 1.29 is 14.1 Å². The minimum atomic E-state index is -0.344. The first-order valence-corrected chi connectivity index (χ1v) is 7.15. The fourth-order valence-electron chi connectivity index (χ4n) is 2.42. The maximum absolute atomic E-state index is 12.1. The predicted octanol–water partition coefficient (Wildman–Crippen LogP) is 1.05. The second-order valence-electron chi connectivity index (χ2n) is 5.13. The predicted molar refractivity (Wildman–Crippen MR) is 74.2 cm³/mol. The summed E-state index contributed by atoms with van der Waals surface area (Å²) in [6.45, 7) is 10.1. The number of rotatable bonds is 5. The van der Waals surface area contributed by atoms with Gasteiger partial charge in [0.05, 0.1) is 12.2 Å². The minimum Gasteiger partial charge on any atom is -0.369 e. The molecule has 20 heavy (non-hydrogen) atoms. The molecule has 1 unspecified atom stereocenters. The number of ether oxygens (including phenoxy) is 1. The average Bonchev–Trinajstić information content (AvgIpc) is 2.84. The first-order valence-electron chi connectivity index (χ1n) is 7.15. The van der Waals surface area contributed by atoms with Crippen LogP contribution < -0.4 is 0 Å². The number of hydrogen-bond donors (Lipinski definition) is 0. The van der Waals surface area contributed by atoms with Gasteiger partial charge in [0.25, 0.3) is 5.91 Å². The van der Waals surface area contributed by atoms with Gasteiger partial charge in [-0.1, -0.05) is 5.16 Å². The Morgan fingerprint density at radius 2 is 2.15 bits per heavy atom. The van der Waals surface area contributed by atoms with Crippen LogP contribution in [-0.2, 0) is 16.1 Å². The van der Waals surface area contributed by atoms with Crippen LogP contribution in [0.2, 0.25) is 0 Å². The molecule has 1 atom stereocenters. The zero-order valence-corrected chi connectivity index (χ0v) is 12.5. The molecule has 0 bridgehead atoms. The Bertz CT molecular complexity index is 439. The van der Waals surface area contributed by atoms with Crippen LogP contribution in [0.25, 0.3) is 0 Å². The van der Waals surface area contributed by atoms with Gasteiger partial charge in [-0.3, -0.25) is 9.69 Å². The standard InChI is InChI=1S/C14H23N3O3/c1-4-19-12(3)14(18)17-7-5-16(6-8-17)10-13-9-11(2)15-20-13/h9,12H,4-8,10H2,1-3H3. The number of amides is 1. The highest BCUT2D eigenvalue weighted by Crippen LogP contribution is 2.11. The zero-order chi connectivity index (χ0) is 14.5. The van der Waals surface area contributed by atoms with Gasteiger partial charge in [-0.25, -0.2) is 0 Å². The molecule has 1 aromatic heterocycles. The summed E-state index contributed by atoms with van der Waals surface area (Å²) in [5.41, 5.74) is 0.902. The lowest BCUT2D eigenvalue weighted by atomic mass is 10.2. The fourth-order valence-corrected chi connectivity index (χ4v) is 2.42. The molecule has 2 heterocycles. The third-order valence-electron chi connectivity index (χ3n) is 3.50. The molecule has 1 saturated heterocycles. The fraction of sp³-hybridized carbons (Fsp3) is 0.714. The van der Waals surface area contributed by atoms with Crippen molar-refractivity contribution in [2.45, 2.75) is 33.4 Å². The lowest BCUT2D eigenvalue weighted by molar-refractivity contribution is -0.144. The topological polar surface area (TPSA) is 58.8 Å². The summed E-state index contributed by atoms with van der Waals surface area (Å²) in [5.74, 6) is 0.965. The van der Waals surface area contributed by atoms with Crippen LogP contribution in [0, 0.1) is 6.92 Å². The van der Waals surface area contributed by atoms with Gasteiger partial charge in [-0.15, -0.1) is 0 Å². The normalized spacial score (nSPS) is 18.2. The largest absolute Gasteiger partial charge is 0.369 e. The summed E-state index contributed by atoms with van der Waals surface area (Å²) in [6, 6.07) is 1.95. The second-order valence-corrected chi connectivity index (χ2v) is 5.13. The molecule has 1 aromatic rings. The number of carbonyl (C=O) groups excluding carboxylic acids is 1. The maximum atomic E-state index is 12.1. The molecule has 2 rings (SSSR count). The SMILES string of the molecule is CCOC(C)C(=O)N1CCN(Cc2cc(C)no2)CC1. The van der Waals surface area contributed by atoms with Gasteiger partial charge in [0.15, 0.2) is 5.76 Å². The van der Waals surface area contributed by atoms with E-state index in [-0.39, 0.29) is 12.0 Å². The Balaban J connectivity index is 1.78. The van der Waals surface area contributed by atoms with Crippen molar-refractivity contribution >= 4 is 5.91 Å². The van der Waals surface area contributed by atoms with Gasteiger partial charge >= 0.3 is 0 Å². The van der Waals surface area contributed by atoms with Gasteiger partial charge in [-0.05, 0) is 20.8 Å². The van der Waals surface area contributed by atoms with E-state index in [4.69, 9.17) is 9.26 Å². The van der Waals surface area contributed by atoms with Crippen LogP contribution in [0.15, 0.2) is 10.6 Å². The van der Waals surface area contributed by atoms with Crippen molar-refractivity contribution in [1.82, 2.24) is 15.0 Å². The summed E-state index contributed by atoms with van der Waals surface area (Å²) in [5, 5.41) is 3.89. The van der Waals surface area contributed by atoms with E-state index in [2.05, 4.69) is 10.1 Å². The van der Waals surface area contributed by atoms with Crippen molar-refractivity contribution in [3.05, 3.63) is 17.5 Å². The van der Waals surface area contributed by atoms with E-state index in [1.54, 1.807) is 0 Å². The van der Waals surface area contributed by atoms with E-state index in [9.17, 15) is 4.79 Å². The monoisotopic (exact) mass is 281 g/mol. The van der Waals surface area contributed by atoms with E-state index in [1.807, 2.05) is 31.7 Å². The highest BCUT2D eigenvalue weighted by atomic mass is 16.5. The summed E-state index contributed by atoms with van der Waals surface area (Å²) in [7, 11) is 0. The van der Waals surface area contributed by atoms with Crippen LogP contribution in [0.4, 0.5) is 0 Å². The van der Waals surface area contributed by atoms with Gasteiger partial charge < -0.3 is 14.2 Å². The van der Waals surface area contributed by atoms with Gasteiger partial charge in [-0.2, -0.15) is 0 Å². The third kappa shape index (κ3) is 3.80. The van der Waals surface area contributed by atoms with Crippen molar-refractivity contribution in [1.29, 1.82) is 0 Å². The summed E-state index contributed by atoms with van der Waals surface area (Å²) in [4.78, 5) is 16.3. The highest BCUT2D eigenvalue weighted by Gasteiger charge is 2.25. The Morgan fingerprint density at radius 3 is 2.70 bits per heavy atom. The van der Waals surface area contributed by atoms with E-state index < -0.39 is 0 Å². The van der Waals surface area contributed by atoms with Crippen molar-refractivity contribution in [3.63, 3.8) is 0 Å². The summed E-state index contributed by atoms with van der Waals surface area (Å²) in [6.07, 6.45) is -0.344. The molecule has 6 nitrogen and oxygen atoms in total. The third-order valence-corrected chi connectivity index (χ3v) is 3.50. The number of nitrogens with zero attached hydrogens (tertiary/aromatic N) is 3. The number of carbonyl (C=O) groups is 1. The van der Waals surface area contributed by atoms with Crippen LogP contribution in [0.1, 0.15) is 25.3 Å². The number of aryl methyl sites for hydroxylation is 1. The molecule has 0 aliphatic carbocycles. The van der Waals surface area contributed by atoms with Crippen LogP contribution >= 0.6 is 0 Å². The Hall–Kier alpha value is -1.40. The van der Waals surface area contributed by atoms with E-state index >= 15 is 0 Å². The molecular formula is C14H23N3O3. The number of piperazine rings is 1. The van der Waals surface area contributed by atoms with Crippen LogP contribution in [0.3, 0.4) is 0 Å². The van der Waals surface area contributed by atoms with E-state index in [0.29, 0.717) is 6.61 Å². The zero-order valence-electron chi connectivity index (χ0n) is 12.5.